The fourth-order valence-corrected chi connectivity index (χ4v) is 9.79. The van der Waals surface area contributed by atoms with E-state index in [0.717, 1.165) is 123 Å². The lowest BCUT2D eigenvalue weighted by Gasteiger charge is -2.28. The zero-order valence-corrected chi connectivity index (χ0v) is 47.3. The topological polar surface area (TPSA) is 192 Å². The fraction of sp³-hybridized carbons (Fsp3) is 0.265. The summed E-state index contributed by atoms with van der Waals surface area (Å²) in [5.41, 5.74) is 3.86. The van der Waals surface area contributed by atoms with Crippen LogP contribution in [0.3, 0.4) is 0 Å². The molecule has 0 aliphatic carbocycles. The summed E-state index contributed by atoms with van der Waals surface area (Å²) < 4.78 is 25.3. The van der Waals surface area contributed by atoms with Crippen molar-refractivity contribution in [3.63, 3.8) is 0 Å². The summed E-state index contributed by atoms with van der Waals surface area (Å²) in [6.45, 7) is 11.9. The van der Waals surface area contributed by atoms with E-state index in [-0.39, 0.29) is 0 Å². The normalized spacial score (nSPS) is 13.7. The van der Waals surface area contributed by atoms with E-state index in [1.54, 1.807) is 48.9 Å². The SMILES string of the molecule is Brc1cc(N2CCOCC2)nc2[nH]ccc12.Brc1ccnc2[nH]ccc12.CC(C)(C)OC(=O)n1ccc2c(Br)cc(N3CCOCC3)nc21.COn1ccc(Br)c2ccnc1-2.On1ccc(Br)c2ccnc1-2. The van der Waals surface area contributed by atoms with Crippen molar-refractivity contribution in [3.05, 3.63) is 133 Å². The minimum Gasteiger partial charge on any atom is -0.443 e. The lowest BCUT2D eigenvalue weighted by atomic mass is 10.2. The molecule has 6 aromatic rings. The minimum absolute atomic E-state index is 0.425. The number of aromatic nitrogens is 10. The van der Waals surface area contributed by atoms with Crippen molar-refractivity contribution < 1.29 is 29.0 Å². The number of halogens is 5. The maximum Gasteiger partial charge on any atom is 0.420 e. The smallest absolute Gasteiger partial charge is 0.420 e. The van der Waals surface area contributed by atoms with Gasteiger partial charge in [0.1, 0.15) is 35.6 Å². The van der Waals surface area contributed by atoms with Gasteiger partial charge in [-0.05, 0) is 161 Å². The van der Waals surface area contributed by atoms with E-state index < -0.39 is 11.7 Å². The van der Waals surface area contributed by atoms with Gasteiger partial charge in [-0.2, -0.15) is 9.46 Å². The maximum atomic E-state index is 12.4. The number of morpholine rings is 2. The predicted molar refractivity (Wildman–Crippen MR) is 296 cm³/mol. The highest BCUT2D eigenvalue weighted by Gasteiger charge is 2.22. The van der Waals surface area contributed by atoms with Gasteiger partial charge in [0.15, 0.2) is 17.3 Å². The average Bonchev–Trinajstić information content (AvgIpc) is 4.24. The highest BCUT2D eigenvalue weighted by Crippen LogP contribution is 2.31. The first-order valence-electron chi connectivity index (χ1n) is 22.4. The molecule has 6 aliphatic rings. The summed E-state index contributed by atoms with van der Waals surface area (Å²) in [6, 6.07) is 19.3. The van der Waals surface area contributed by atoms with E-state index in [0.29, 0.717) is 24.7 Å². The third-order valence-corrected chi connectivity index (χ3v) is 14.3. The number of carbonyl (C=O) groups is 1. The van der Waals surface area contributed by atoms with Crippen molar-refractivity contribution in [2.75, 3.05) is 69.5 Å². The Balaban J connectivity index is 0.000000125. The number of anilines is 2. The molecular formula is C49H49Br5N12O6. The summed E-state index contributed by atoms with van der Waals surface area (Å²) in [6.07, 6.45) is 13.6. The van der Waals surface area contributed by atoms with E-state index in [1.807, 2.05) is 87.9 Å². The van der Waals surface area contributed by atoms with E-state index >= 15 is 0 Å². The first-order chi connectivity index (χ1) is 34.7. The van der Waals surface area contributed by atoms with Gasteiger partial charge in [-0.3, -0.25) is 0 Å². The lowest BCUT2D eigenvalue weighted by molar-refractivity contribution is 0.0543. The summed E-state index contributed by atoms with van der Waals surface area (Å²) in [4.78, 5) is 49.5. The van der Waals surface area contributed by atoms with Gasteiger partial charge in [0.2, 0.25) is 0 Å². The van der Waals surface area contributed by atoms with Crippen LogP contribution in [0.1, 0.15) is 20.8 Å². The van der Waals surface area contributed by atoms with Crippen molar-refractivity contribution in [1.82, 2.24) is 48.9 Å². The van der Waals surface area contributed by atoms with Crippen LogP contribution in [0.25, 0.3) is 55.9 Å². The van der Waals surface area contributed by atoms with Crippen LogP contribution >= 0.6 is 79.6 Å². The number of aromatic amines is 2. The van der Waals surface area contributed by atoms with Crippen LogP contribution in [0.5, 0.6) is 0 Å². The Kier molecular flexibility index (Phi) is 17.6. The third-order valence-electron chi connectivity index (χ3n) is 10.9. The van der Waals surface area contributed by atoms with Crippen LogP contribution in [0.15, 0.2) is 133 Å². The number of carbonyl (C=O) groups excluding carboxylic acids is 1. The molecule has 12 rings (SSSR count). The second kappa shape index (κ2) is 24.0. The van der Waals surface area contributed by atoms with Crippen LogP contribution in [0, 0.1) is 0 Å². The van der Waals surface area contributed by atoms with Gasteiger partial charge in [-0.15, -0.1) is 0 Å². The Morgan fingerprint density at radius 1 is 0.625 bits per heavy atom. The molecular weight excluding hydrogens is 1250 g/mol. The van der Waals surface area contributed by atoms with Gasteiger partial charge in [0.25, 0.3) is 0 Å². The Bertz CT molecular complexity index is 3280. The second-order valence-electron chi connectivity index (χ2n) is 16.8. The number of ether oxygens (including phenoxy) is 3. The van der Waals surface area contributed by atoms with E-state index in [4.69, 9.17) is 19.0 Å². The van der Waals surface area contributed by atoms with E-state index in [1.165, 1.54) is 4.57 Å². The molecule has 3 N–H and O–H groups in total. The van der Waals surface area contributed by atoms with Crippen molar-refractivity contribution >= 4 is 130 Å². The zero-order valence-electron chi connectivity index (χ0n) is 39.4. The zero-order chi connectivity index (χ0) is 50.9. The van der Waals surface area contributed by atoms with E-state index in [2.05, 4.69) is 130 Å². The van der Waals surface area contributed by atoms with Crippen molar-refractivity contribution in [2.45, 2.75) is 26.4 Å². The molecule has 6 aliphatic heterocycles. The Labute approximate surface area is 456 Å². The number of pyridine rings is 5. The van der Waals surface area contributed by atoms with Gasteiger partial charge in [0, 0.05) is 125 Å². The van der Waals surface area contributed by atoms with E-state index in [9.17, 15) is 10.0 Å². The molecule has 18 nitrogen and oxygen atoms in total. The number of hydrogen-bond donors (Lipinski definition) is 3. The first kappa shape index (κ1) is 52.8. The molecule has 0 aromatic carbocycles. The van der Waals surface area contributed by atoms with Crippen molar-refractivity contribution in [1.29, 1.82) is 0 Å². The molecule has 0 bridgehead atoms. The first-order valence-corrected chi connectivity index (χ1v) is 26.4. The predicted octanol–water partition coefficient (Wildman–Crippen LogP) is 11.7. The molecule has 23 heteroatoms. The molecule has 376 valence electrons. The molecule has 0 spiro atoms. The van der Waals surface area contributed by atoms with Crippen molar-refractivity contribution in [2.24, 2.45) is 0 Å². The summed E-state index contributed by atoms with van der Waals surface area (Å²) in [5.74, 6) is 3.23. The largest absolute Gasteiger partial charge is 0.443 e. The van der Waals surface area contributed by atoms with Gasteiger partial charge < -0.3 is 44.0 Å². The van der Waals surface area contributed by atoms with Gasteiger partial charge in [-0.1, -0.05) is 0 Å². The van der Waals surface area contributed by atoms with Crippen LogP contribution in [0.4, 0.5) is 16.4 Å². The molecule has 2 saturated heterocycles. The highest BCUT2D eigenvalue weighted by atomic mass is 79.9. The molecule has 0 radical (unpaired) electrons. The number of hydrogen-bond acceptors (Lipinski definition) is 13. The van der Waals surface area contributed by atoms with Gasteiger partial charge in [0.05, 0.1) is 26.4 Å². The third kappa shape index (κ3) is 12.8. The summed E-state index contributed by atoms with van der Waals surface area (Å²) in [7, 11) is 1.61. The molecule has 0 saturated carbocycles. The monoisotopic (exact) mass is 1300 g/mol. The van der Waals surface area contributed by atoms with Crippen molar-refractivity contribution in [3.8, 4) is 22.8 Å². The molecule has 0 amide bonds. The number of rotatable bonds is 3. The lowest BCUT2D eigenvalue weighted by Crippen LogP contribution is -2.36. The maximum absolute atomic E-state index is 12.4. The molecule has 0 atom stereocenters. The summed E-state index contributed by atoms with van der Waals surface area (Å²) in [5, 5.41) is 12.3. The number of nitrogens with zero attached hydrogens (tertiary/aromatic N) is 10. The van der Waals surface area contributed by atoms with Crippen LogP contribution < -0.4 is 14.6 Å². The molecule has 6 aromatic heterocycles. The molecule has 2 fully saturated rings. The molecule has 72 heavy (non-hydrogen) atoms. The van der Waals surface area contributed by atoms with Crippen LogP contribution in [-0.4, -0.2) is 126 Å². The minimum atomic E-state index is -0.549. The standard InChI is InChI=1S/C16H20BrN3O3.C11H12BrN3O.C8H7BrN2O.C7H5BrN2O.C7H5BrN2/c1-16(2,3)23-15(21)20-5-4-11-12(17)10-13(18-14(11)20)19-6-8-22-9-7-19;12-9-7-10(15-3-5-16-6-4-15)14-11-8(9)1-2-13-11;1-12-11-5-3-7(9)6-2-4-10-8(6)11;8-6-2-4-10(11)7-5(6)1-3-9-7;8-6-2-4-10-7-5(6)1-3-9-7/h4-5,10H,6-9H2,1-3H3;1-2,7H,3-6H2,(H,13,14);2-5H,1H3;1-4,11H;1-4H,(H,9,10). The van der Waals surface area contributed by atoms with Gasteiger partial charge >= 0.3 is 6.09 Å². The second-order valence-corrected chi connectivity index (χ2v) is 21.1. The Hall–Kier alpha value is -5.56. The van der Waals surface area contributed by atoms with Crippen LogP contribution in [-0.2, 0) is 14.2 Å². The number of nitrogens with one attached hydrogen (secondary N) is 2. The molecule has 0 unspecified atom stereocenters. The number of fused-ring (bicyclic) bond motifs is 5. The van der Waals surface area contributed by atoms with Crippen LogP contribution in [0.2, 0.25) is 0 Å². The van der Waals surface area contributed by atoms with Gasteiger partial charge in [-0.25, -0.2) is 34.3 Å². The fourth-order valence-electron chi connectivity index (χ4n) is 7.46. The highest BCUT2D eigenvalue weighted by molar-refractivity contribution is 9.11. The molecule has 12 heterocycles. The number of H-pyrrole nitrogens is 2. The average molecular weight is 1300 g/mol. The summed E-state index contributed by atoms with van der Waals surface area (Å²) >= 11 is 17.3. The Morgan fingerprint density at radius 2 is 1.17 bits per heavy atom. The quantitative estimate of drug-likeness (QED) is 0.142. The Morgan fingerprint density at radius 3 is 1.76 bits per heavy atom.